The van der Waals surface area contributed by atoms with E-state index in [-0.39, 0.29) is 11.8 Å². The van der Waals surface area contributed by atoms with Gasteiger partial charge in [0.1, 0.15) is 0 Å². The van der Waals surface area contributed by atoms with Gasteiger partial charge in [-0.2, -0.15) is 0 Å². The average Bonchev–Trinajstić information content (AvgIpc) is 3.42. The molecule has 4 rings (SSSR count). The van der Waals surface area contributed by atoms with Crippen LogP contribution < -0.4 is 9.47 Å². The average molecular weight is 445 g/mol. The Morgan fingerprint density at radius 2 is 1.62 bits per heavy atom. The molecule has 168 valence electrons. The first-order chi connectivity index (χ1) is 15.3. The summed E-state index contributed by atoms with van der Waals surface area (Å²) in [5.74, 6) is 0.627. The molecule has 0 amide bonds. The lowest BCUT2D eigenvalue weighted by Crippen LogP contribution is -2.03. The van der Waals surface area contributed by atoms with Gasteiger partial charge in [0.2, 0.25) is 12.1 Å². The fourth-order valence-electron chi connectivity index (χ4n) is 3.74. The second-order valence-electron chi connectivity index (χ2n) is 7.58. The SMILES string of the molecule is COc1ccc(-c2[nH]c3ccc(-c4nnc(C(F)C(F)F)o4)cc3c2C(C)C)cc1OC. The molecular formula is C23H22F3N3O3. The van der Waals surface area contributed by atoms with Crippen molar-refractivity contribution in [2.24, 2.45) is 0 Å². The molecule has 0 saturated carbocycles. The molecule has 2 heterocycles. The van der Waals surface area contributed by atoms with E-state index in [2.05, 4.69) is 29.0 Å². The Morgan fingerprint density at radius 3 is 2.28 bits per heavy atom. The summed E-state index contributed by atoms with van der Waals surface area (Å²) < 4.78 is 54.7. The third-order valence-electron chi connectivity index (χ3n) is 5.23. The van der Waals surface area contributed by atoms with Gasteiger partial charge in [0.05, 0.1) is 19.9 Å². The summed E-state index contributed by atoms with van der Waals surface area (Å²) >= 11 is 0. The molecule has 0 saturated heterocycles. The van der Waals surface area contributed by atoms with Crippen LogP contribution in [0.25, 0.3) is 33.6 Å². The van der Waals surface area contributed by atoms with Crippen molar-refractivity contribution in [3.63, 3.8) is 0 Å². The Balaban J connectivity index is 1.82. The van der Waals surface area contributed by atoms with Crippen molar-refractivity contribution in [3.8, 4) is 34.2 Å². The third kappa shape index (κ3) is 3.79. The van der Waals surface area contributed by atoms with Gasteiger partial charge in [0, 0.05) is 22.0 Å². The largest absolute Gasteiger partial charge is 0.493 e. The maximum atomic E-state index is 13.5. The van der Waals surface area contributed by atoms with Crippen molar-refractivity contribution in [1.29, 1.82) is 0 Å². The highest BCUT2D eigenvalue weighted by Gasteiger charge is 2.28. The minimum absolute atomic E-state index is 0.0197. The lowest BCUT2D eigenvalue weighted by molar-refractivity contribution is 0.0349. The number of benzene rings is 2. The van der Waals surface area contributed by atoms with E-state index in [1.54, 1.807) is 20.3 Å². The molecule has 2 aromatic carbocycles. The van der Waals surface area contributed by atoms with Gasteiger partial charge in [-0.25, -0.2) is 13.2 Å². The highest BCUT2D eigenvalue weighted by atomic mass is 19.3. The second-order valence-corrected chi connectivity index (χ2v) is 7.58. The summed E-state index contributed by atoms with van der Waals surface area (Å²) in [7, 11) is 3.16. The van der Waals surface area contributed by atoms with Gasteiger partial charge >= 0.3 is 0 Å². The van der Waals surface area contributed by atoms with Gasteiger partial charge in [-0.3, -0.25) is 0 Å². The molecule has 0 aliphatic heterocycles. The minimum atomic E-state index is -3.23. The predicted molar refractivity (Wildman–Crippen MR) is 114 cm³/mol. The van der Waals surface area contributed by atoms with E-state index in [9.17, 15) is 13.2 Å². The molecule has 1 N–H and O–H groups in total. The third-order valence-corrected chi connectivity index (χ3v) is 5.23. The summed E-state index contributed by atoms with van der Waals surface area (Å²) in [5.41, 5.74) is 4.27. The molecule has 9 heteroatoms. The molecular weight excluding hydrogens is 423 g/mol. The number of nitrogens with zero attached hydrogens (tertiary/aromatic N) is 2. The van der Waals surface area contributed by atoms with Crippen LogP contribution in [0.4, 0.5) is 13.2 Å². The summed E-state index contributed by atoms with van der Waals surface area (Å²) in [5, 5.41) is 8.09. The van der Waals surface area contributed by atoms with Crippen LogP contribution in [0.3, 0.4) is 0 Å². The van der Waals surface area contributed by atoms with Crippen molar-refractivity contribution in [2.45, 2.75) is 32.4 Å². The van der Waals surface area contributed by atoms with Crippen LogP contribution in [0.15, 0.2) is 40.8 Å². The fourth-order valence-corrected chi connectivity index (χ4v) is 3.74. The number of fused-ring (bicyclic) bond motifs is 1. The Labute approximate surface area is 182 Å². The van der Waals surface area contributed by atoms with Crippen molar-refractivity contribution in [2.75, 3.05) is 14.2 Å². The number of rotatable bonds is 7. The number of hydrogen-bond acceptors (Lipinski definition) is 5. The van der Waals surface area contributed by atoms with Crippen molar-refractivity contribution >= 4 is 10.9 Å². The number of methoxy groups -OCH3 is 2. The number of aromatic amines is 1. The standard InChI is InChI=1S/C23H22F3N3O3/c1-11(2)18-14-9-13(22-28-29-23(32-22)19(24)21(25)26)5-7-15(14)27-20(18)12-6-8-16(30-3)17(10-12)31-4/h5-11,19,21,27H,1-4H3. The van der Waals surface area contributed by atoms with E-state index in [1.807, 2.05) is 30.3 Å². The highest BCUT2D eigenvalue weighted by molar-refractivity contribution is 5.94. The number of nitrogens with one attached hydrogen (secondary N) is 1. The molecule has 0 radical (unpaired) electrons. The summed E-state index contributed by atoms with van der Waals surface area (Å²) in [6.07, 6.45) is -5.85. The molecule has 4 aromatic rings. The van der Waals surface area contributed by atoms with E-state index in [0.717, 1.165) is 27.7 Å². The number of ether oxygens (including phenoxy) is 2. The summed E-state index contributed by atoms with van der Waals surface area (Å²) in [6, 6.07) is 11.1. The quantitative estimate of drug-likeness (QED) is 0.361. The molecule has 1 atom stereocenters. The Bertz CT molecular complexity index is 1250. The molecule has 0 fully saturated rings. The topological polar surface area (TPSA) is 73.2 Å². The molecule has 0 bridgehead atoms. The zero-order valence-corrected chi connectivity index (χ0v) is 17.9. The van der Waals surface area contributed by atoms with Crippen LogP contribution in [0, 0.1) is 0 Å². The summed E-state index contributed by atoms with van der Waals surface area (Å²) in [6.45, 7) is 4.14. The van der Waals surface area contributed by atoms with E-state index >= 15 is 0 Å². The fraction of sp³-hybridized carbons (Fsp3) is 0.304. The number of halogens is 3. The maximum absolute atomic E-state index is 13.5. The minimum Gasteiger partial charge on any atom is -0.493 e. The van der Waals surface area contributed by atoms with E-state index < -0.39 is 18.5 Å². The van der Waals surface area contributed by atoms with Crippen LogP contribution in [0.5, 0.6) is 11.5 Å². The van der Waals surface area contributed by atoms with Crippen molar-refractivity contribution < 1.29 is 27.1 Å². The Kier molecular flexibility index (Phi) is 5.82. The van der Waals surface area contributed by atoms with Crippen LogP contribution in [-0.2, 0) is 0 Å². The Morgan fingerprint density at radius 1 is 0.906 bits per heavy atom. The normalized spacial score (nSPS) is 12.7. The van der Waals surface area contributed by atoms with Gasteiger partial charge in [-0.15, -0.1) is 10.2 Å². The van der Waals surface area contributed by atoms with E-state index in [0.29, 0.717) is 17.1 Å². The molecule has 1 unspecified atom stereocenters. The van der Waals surface area contributed by atoms with Crippen LogP contribution in [0.1, 0.15) is 37.4 Å². The molecule has 0 aliphatic carbocycles. The molecule has 6 nitrogen and oxygen atoms in total. The van der Waals surface area contributed by atoms with Crippen LogP contribution in [-0.4, -0.2) is 35.8 Å². The summed E-state index contributed by atoms with van der Waals surface area (Å²) in [4.78, 5) is 3.45. The van der Waals surface area contributed by atoms with Crippen molar-refractivity contribution in [3.05, 3.63) is 47.9 Å². The Hall–Kier alpha value is -3.49. The van der Waals surface area contributed by atoms with Crippen molar-refractivity contribution in [1.82, 2.24) is 15.2 Å². The smallest absolute Gasteiger partial charge is 0.278 e. The van der Waals surface area contributed by atoms with Gasteiger partial charge < -0.3 is 18.9 Å². The zero-order valence-electron chi connectivity index (χ0n) is 17.9. The lowest BCUT2D eigenvalue weighted by Gasteiger charge is -2.12. The number of aromatic nitrogens is 3. The van der Waals surface area contributed by atoms with Gasteiger partial charge in [0.25, 0.3) is 12.3 Å². The number of H-pyrrole nitrogens is 1. The lowest BCUT2D eigenvalue weighted by atomic mass is 9.95. The molecule has 0 aliphatic rings. The van der Waals surface area contributed by atoms with Gasteiger partial charge in [-0.1, -0.05) is 13.8 Å². The molecule has 32 heavy (non-hydrogen) atoms. The first-order valence-electron chi connectivity index (χ1n) is 9.98. The molecule has 0 spiro atoms. The highest BCUT2D eigenvalue weighted by Crippen LogP contribution is 2.40. The van der Waals surface area contributed by atoms with Gasteiger partial charge in [-0.05, 0) is 47.9 Å². The maximum Gasteiger partial charge on any atom is 0.278 e. The van der Waals surface area contributed by atoms with E-state index in [4.69, 9.17) is 13.9 Å². The first kappa shape index (κ1) is 21.7. The van der Waals surface area contributed by atoms with Crippen LogP contribution in [0.2, 0.25) is 0 Å². The number of hydrogen-bond donors (Lipinski definition) is 1. The van der Waals surface area contributed by atoms with Gasteiger partial charge in [0.15, 0.2) is 11.5 Å². The monoisotopic (exact) mass is 445 g/mol. The predicted octanol–water partition coefficient (Wildman–Crippen LogP) is 6.30. The van der Waals surface area contributed by atoms with Crippen LogP contribution >= 0.6 is 0 Å². The zero-order chi connectivity index (χ0) is 23.0. The second kappa shape index (κ2) is 8.57. The number of alkyl halides is 3. The molecule has 2 aromatic heterocycles. The first-order valence-corrected chi connectivity index (χ1v) is 9.98. The van der Waals surface area contributed by atoms with E-state index in [1.165, 1.54) is 0 Å².